The molecule has 0 unspecified atom stereocenters. The zero-order chi connectivity index (χ0) is 52.8. The molecule has 75 heavy (non-hydrogen) atoms. The summed E-state index contributed by atoms with van der Waals surface area (Å²) in [5.74, 6) is 0.500. The molecule has 2 heterocycles. The van der Waals surface area contributed by atoms with Gasteiger partial charge in [0.15, 0.2) is 0 Å². The number of nitrogens with zero attached hydrogens (tertiary/aromatic N) is 10. The van der Waals surface area contributed by atoms with Crippen molar-refractivity contribution in [1.29, 1.82) is 0 Å². The van der Waals surface area contributed by atoms with Gasteiger partial charge in [-0.3, -0.25) is 9.59 Å². The molecule has 2 aliphatic carbocycles. The molecule has 0 spiro atoms. The second-order valence-electron chi connectivity index (χ2n) is 18.7. The largest absolute Gasteiger partial charge is 0.494 e. The third-order valence-electron chi connectivity index (χ3n) is 13.2. The zero-order valence-corrected chi connectivity index (χ0v) is 45.1. The molecule has 0 radical (unpaired) electrons. The first-order chi connectivity index (χ1) is 36.4. The lowest BCUT2D eigenvalue weighted by Crippen LogP contribution is -2.40. The van der Waals surface area contributed by atoms with Gasteiger partial charge in [0.1, 0.15) is 37.0 Å². The topological polar surface area (TPSA) is 231 Å². The highest BCUT2D eigenvalue weighted by atomic mass is 32.1. The molecule has 2 aromatic heterocycles. The molecule has 6 N–H and O–H groups in total. The van der Waals surface area contributed by atoms with Crippen molar-refractivity contribution in [3.05, 3.63) is 83.9 Å². The fourth-order valence-electron chi connectivity index (χ4n) is 9.52. The van der Waals surface area contributed by atoms with Crippen molar-refractivity contribution in [2.45, 2.75) is 96.6 Å². The van der Waals surface area contributed by atoms with Gasteiger partial charge in [-0.1, -0.05) is 73.0 Å². The van der Waals surface area contributed by atoms with Crippen LogP contribution in [0.2, 0.25) is 0 Å². The van der Waals surface area contributed by atoms with E-state index >= 15 is 0 Å². The van der Waals surface area contributed by atoms with Crippen LogP contribution in [-0.4, -0.2) is 84.8 Å². The summed E-state index contributed by atoms with van der Waals surface area (Å²) in [6, 6.07) is 23.9. The van der Waals surface area contributed by atoms with E-state index in [1.165, 1.54) is 49.4 Å². The molecule has 0 bridgehead atoms. The Balaban J connectivity index is 0.925. The lowest BCUT2D eigenvalue weighted by atomic mass is 9.94. The summed E-state index contributed by atoms with van der Waals surface area (Å²) in [6.07, 6.45) is 12.1. The number of amides is 2. The molecule has 396 valence electrons. The Kier molecular flexibility index (Phi) is 18.7. The minimum absolute atomic E-state index is 0.0374. The lowest BCUT2D eigenvalue weighted by molar-refractivity contribution is -0.712. The van der Waals surface area contributed by atoms with E-state index < -0.39 is 0 Å². The normalized spacial score (nSPS) is 14.3. The first-order valence-electron chi connectivity index (χ1n) is 25.5. The highest BCUT2D eigenvalue weighted by Crippen LogP contribution is 2.42. The van der Waals surface area contributed by atoms with Crippen LogP contribution in [0.4, 0.5) is 66.0 Å². The molecule has 4 aromatic carbocycles. The maximum absolute atomic E-state index is 12.4. The van der Waals surface area contributed by atoms with Crippen molar-refractivity contribution < 1.29 is 38.6 Å². The van der Waals surface area contributed by atoms with Gasteiger partial charge < -0.3 is 50.8 Å². The monoisotopic (exact) mass is 1060 g/mol. The molecule has 2 amide bonds. The van der Waals surface area contributed by atoms with Gasteiger partial charge in [0.05, 0.1) is 60.4 Å². The second kappa shape index (κ2) is 25.9. The van der Waals surface area contributed by atoms with Crippen molar-refractivity contribution >= 4 is 101 Å². The van der Waals surface area contributed by atoms with E-state index in [4.69, 9.17) is 19.7 Å². The van der Waals surface area contributed by atoms with Crippen LogP contribution < -0.4 is 49.9 Å². The third kappa shape index (κ3) is 14.2. The Morgan fingerprint density at radius 3 is 1.33 bits per heavy atom. The number of azo groups is 2. The van der Waals surface area contributed by atoms with Crippen LogP contribution in [0.15, 0.2) is 93.3 Å². The molecule has 8 rings (SSSR count). The maximum atomic E-state index is 12.4. The van der Waals surface area contributed by atoms with Crippen LogP contribution in [-0.2, 0) is 30.1 Å². The summed E-state index contributed by atoms with van der Waals surface area (Å²) in [6.45, 7) is 3.97. The molecular formula is C53H68N14O6S2+2. The van der Waals surface area contributed by atoms with Crippen LogP contribution >= 0.6 is 22.7 Å². The van der Waals surface area contributed by atoms with E-state index in [1.807, 2.05) is 38.4 Å². The number of hydrogen-bond acceptors (Lipinski definition) is 18. The third-order valence-corrected chi connectivity index (χ3v) is 15.3. The Morgan fingerprint density at radius 1 is 0.600 bits per heavy atom. The van der Waals surface area contributed by atoms with E-state index in [1.54, 1.807) is 47.8 Å². The number of rotatable bonds is 22. The number of hydrogen-bond donors (Lipinski definition) is 6. The number of carbonyl (C=O) groups excluding carboxylic acids is 2. The highest BCUT2D eigenvalue weighted by Gasteiger charge is 2.29. The predicted octanol–water partition coefficient (Wildman–Crippen LogP) is 10.4. The fraction of sp³-hybridized carbons (Fsp3) is 0.434. The zero-order valence-electron chi connectivity index (χ0n) is 43.5. The van der Waals surface area contributed by atoms with Gasteiger partial charge in [-0.25, -0.2) is 0 Å². The summed E-state index contributed by atoms with van der Waals surface area (Å²) in [4.78, 5) is 29.2. The Labute approximate surface area is 445 Å². The van der Waals surface area contributed by atoms with Gasteiger partial charge in [0, 0.05) is 62.5 Å². The van der Waals surface area contributed by atoms with Gasteiger partial charge >= 0.3 is 10.3 Å². The van der Waals surface area contributed by atoms with Crippen molar-refractivity contribution in [2.75, 3.05) is 71.6 Å². The standard InChI is InChI=1S/C53H66N14O6S2/c1-34(70)54-42-30-46(48(72-5)32-44(42)58-60-50-64(3)62-52(74-50)66(25-27-68)40-13-9-7-10-14-40)56-38-21-17-36(18-22-38)29-37-19-23-39(24-20-37)57-47-31-43(55-35(2)71)45(33-49(47)73-6)59-61-51-65(4)63-53(75-51)67(26-28-69)41-15-11-8-12-16-41/h17-24,30-33,40-41,68-69H,7-16,25-29H2,1-6H3,(H2,54,55,56,57,70,71)/p+2. The second-order valence-corrected chi connectivity index (χ2v) is 20.6. The minimum Gasteiger partial charge on any atom is -0.494 e. The molecule has 0 saturated heterocycles. The van der Waals surface area contributed by atoms with Gasteiger partial charge in [-0.2, -0.15) is 0 Å². The van der Waals surface area contributed by atoms with Crippen molar-refractivity contribution in [1.82, 2.24) is 10.2 Å². The van der Waals surface area contributed by atoms with Gasteiger partial charge in [0.25, 0.3) is 0 Å². The van der Waals surface area contributed by atoms with E-state index in [0.29, 0.717) is 87.5 Å². The first kappa shape index (κ1) is 54.1. The van der Waals surface area contributed by atoms with E-state index in [-0.39, 0.29) is 25.0 Å². The van der Waals surface area contributed by atoms with Gasteiger partial charge in [-0.15, -0.1) is 9.36 Å². The Bertz CT molecular complexity index is 2760. The van der Waals surface area contributed by atoms with Crippen molar-refractivity contribution in [3.63, 3.8) is 0 Å². The summed E-state index contributed by atoms with van der Waals surface area (Å²) >= 11 is 2.82. The summed E-state index contributed by atoms with van der Waals surface area (Å²) in [7, 11) is 6.80. The highest BCUT2D eigenvalue weighted by molar-refractivity contribution is 7.18. The molecule has 0 aliphatic heterocycles. The van der Waals surface area contributed by atoms with Crippen molar-refractivity contribution in [2.24, 2.45) is 34.6 Å². The molecule has 2 saturated carbocycles. The van der Waals surface area contributed by atoms with Gasteiger partial charge in [-0.05, 0) is 113 Å². The molecule has 20 nitrogen and oxygen atoms in total. The number of aryl methyl sites for hydroxylation is 2. The lowest BCUT2D eigenvalue weighted by Gasteiger charge is -2.32. The van der Waals surface area contributed by atoms with Crippen molar-refractivity contribution in [3.8, 4) is 11.5 Å². The summed E-state index contributed by atoms with van der Waals surface area (Å²) in [5, 5.41) is 62.8. The van der Waals surface area contributed by atoms with E-state index in [0.717, 1.165) is 84.1 Å². The quantitative estimate of drug-likeness (QED) is 0.0276. The van der Waals surface area contributed by atoms with Crippen LogP contribution in [0.3, 0.4) is 0 Å². The number of aliphatic hydroxyl groups excluding tert-OH is 2. The average Bonchev–Trinajstić information content (AvgIpc) is 3.97. The van der Waals surface area contributed by atoms with Crippen LogP contribution in [0.1, 0.15) is 89.2 Å². The summed E-state index contributed by atoms with van der Waals surface area (Å²) < 4.78 is 15.0. The number of ether oxygens (including phenoxy) is 2. The summed E-state index contributed by atoms with van der Waals surface area (Å²) in [5.41, 5.74) is 6.83. The van der Waals surface area contributed by atoms with Gasteiger partial charge in [0.2, 0.25) is 22.1 Å². The number of anilines is 8. The fourth-order valence-corrected chi connectivity index (χ4v) is 11.4. The number of benzene rings is 4. The predicted molar refractivity (Wildman–Crippen MR) is 294 cm³/mol. The number of methoxy groups -OCH3 is 2. The van der Waals surface area contributed by atoms with Crippen LogP contribution in [0, 0.1) is 0 Å². The number of carbonyl (C=O) groups is 2. The molecular weight excluding hydrogens is 993 g/mol. The average molecular weight is 1060 g/mol. The van der Waals surface area contributed by atoms with Crippen LogP contribution in [0.25, 0.3) is 0 Å². The number of aromatic nitrogens is 4. The number of aliphatic hydroxyl groups is 2. The SMILES string of the molecule is COc1cc(N=Nc2sc(N(CCO)C3CCCCC3)n[n+]2C)c(NC(C)=O)cc1Nc1ccc(Cc2ccc(Nc3cc(NC(C)=O)c(N=Nc4sc(N(CCO)C5CCCCC5)n[n+]4C)cc3OC)cc2)cc1. The van der Waals surface area contributed by atoms with E-state index in [9.17, 15) is 19.8 Å². The molecule has 2 fully saturated rings. The van der Waals surface area contributed by atoms with E-state index in [2.05, 4.69) is 75.8 Å². The Morgan fingerprint density at radius 2 is 0.987 bits per heavy atom. The molecule has 22 heteroatoms. The molecule has 2 aliphatic rings. The molecule has 6 aromatic rings. The molecule has 0 atom stereocenters. The maximum Gasteiger partial charge on any atom is 0.431 e. The van der Waals surface area contributed by atoms with Crippen LogP contribution in [0.5, 0.6) is 11.5 Å². The Hall–Kier alpha value is -7.14. The smallest absolute Gasteiger partial charge is 0.431 e. The number of nitrogens with one attached hydrogen (secondary N) is 4. The first-order valence-corrected chi connectivity index (χ1v) is 27.1. The minimum atomic E-state index is -0.258.